The Bertz CT molecular complexity index is 702. The number of methoxy groups -OCH3 is 1. The van der Waals surface area contributed by atoms with E-state index in [2.05, 4.69) is 10.3 Å². The maximum atomic E-state index is 12.9. The van der Waals surface area contributed by atoms with Crippen molar-refractivity contribution in [3.8, 4) is 0 Å². The summed E-state index contributed by atoms with van der Waals surface area (Å²) in [6, 6.07) is 0.197. The van der Waals surface area contributed by atoms with E-state index in [1.807, 2.05) is 13.8 Å². The zero-order chi connectivity index (χ0) is 20.1. The van der Waals surface area contributed by atoms with Gasteiger partial charge in [-0.2, -0.15) is 0 Å². The van der Waals surface area contributed by atoms with Gasteiger partial charge in [-0.1, -0.05) is 6.92 Å². The lowest BCUT2D eigenvalue weighted by Crippen LogP contribution is -2.40. The van der Waals surface area contributed by atoms with Gasteiger partial charge in [-0.15, -0.1) is 0 Å². The zero-order valence-corrected chi connectivity index (χ0v) is 17.0. The van der Waals surface area contributed by atoms with Crippen molar-refractivity contribution >= 4 is 17.8 Å². The quantitative estimate of drug-likeness (QED) is 0.746. The van der Waals surface area contributed by atoms with Crippen molar-refractivity contribution in [1.29, 1.82) is 0 Å². The number of nitrogens with zero attached hydrogens (tertiary/aromatic N) is 1. The van der Waals surface area contributed by atoms with Crippen LogP contribution >= 0.6 is 0 Å². The fraction of sp³-hybridized carbons (Fsp3) is 0.650. The molecule has 2 heterocycles. The average molecular weight is 377 g/mol. The van der Waals surface area contributed by atoms with E-state index in [0.29, 0.717) is 47.9 Å². The van der Waals surface area contributed by atoms with Crippen LogP contribution in [0.15, 0.2) is 0 Å². The highest BCUT2D eigenvalue weighted by molar-refractivity contribution is 6.00. The Labute approximate surface area is 160 Å². The molecular weight excluding hydrogens is 346 g/mol. The van der Waals surface area contributed by atoms with Gasteiger partial charge in [0.1, 0.15) is 5.69 Å². The molecule has 27 heavy (non-hydrogen) atoms. The van der Waals surface area contributed by atoms with E-state index in [9.17, 15) is 14.4 Å². The largest absolute Gasteiger partial charge is 0.465 e. The number of esters is 1. The van der Waals surface area contributed by atoms with E-state index in [4.69, 9.17) is 4.74 Å². The number of nitrogens with one attached hydrogen (secondary N) is 2. The van der Waals surface area contributed by atoms with Gasteiger partial charge in [-0.25, -0.2) is 4.79 Å². The van der Waals surface area contributed by atoms with Crippen LogP contribution in [-0.4, -0.2) is 53.9 Å². The van der Waals surface area contributed by atoms with Crippen LogP contribution < -0.4 is 5.32 Å². The minimum Gasteiger partial charge on any atom is -0.465 e. The third kappa shape index (κ3) is 4.90. The first-order valence-corrected chi connectivity index (χ1v) is 9.64. The van der Waals surface area contributed by atoms with Gasteiger partial charge in [0.05, 0.1) is 12.7 Å². The third-order valence-electron chi connectivity index (χ3n) is 5.44. The van der Waals surface area contributed by atoms with Gasteiger partial charge >= 0.3 is 5.97 Å². The lowest BCUT2D eigenvalue weighted by molar-refractivity contribution is -0.122. The van der Waals surface area contributed by atoms with E-state index in [0.717, 1.165) is 19.3 Å². The predicted molar refractivity (Wildman–Crippen MR) is 103 cm³/mol. The number of aryl methyl sites for hydroxylation is 1. The van der Waals surface area contributed by atoms with E-state index in [1.54, 1.807) is 18.7 Å². The highest BCUT2D eigenvalue weighted by atomic mass is 16.5. The summed E-state index contributed by atoms with van der Waals surface area (Å²) in [5, 5.41) is 3.00. The fourth-order valence-electron chi connectivity index (χ4n) is 3.57. The molecule has 1 aromatic rings. The molecule has 0 radical (unpaired) electrons. The molecule has 7 heteroatoms. The number of aromatic amines is 1. The van der Waals surface area contributed by atoms with Crippen molar-refractivity contribution < 1.29 is 19.1 Å². The van der Waals surface area contributed by atoms with Crippen LogP contribution in [0, 0.1) is 19.8 Å². The third-order valence-corrected chi connectivity index (χ3v) is 5.44. The first-order valence-electron chi connectivity index (χ1n) is 9.64. The summed E-state index contributed by atoms with van der Waals surface area (Å²) in [6.07, 6.45) is 3.05. The van der Waals surface area contributed by atoms with Crippen LogP contribution in [0.5, 0.6) is 0 Å². The molecule has 0 saturated carbocycles. The second-order valence-electron chi connectivity index (χ2n) is 7.43. The van der Waals surface area contributed by atoms with Gasteiger partial charge in [-0.3, -0.25) is 9.59 Å². The minimum atomic E-state index is -0.439. The molecule has 150 valence electrons. The number of ether oxygens (including phenoxy) is 1. The van der Waals surface area contributed by atoms with Gasteiger partial charge in [0.15, 0.2) is 0 Å². The molecule has 0 spiro atoms. The summed E-state index contributed by atoms with van der Waals surface area (Å²) in [5.74, 6) is -0.150. The molecule has 1 aliphatic rings. The van der Waals surface area contributed by atoms with E-state index >= 15 is 0 Å². The molecule has 2 rings (SSSR count). The van der Waals surface area contributed by atoms with E-state index < -0.39 is 5.97 Å². The first-order chi connectivity index (χ1) is 12.8. The van der Waals surface area contributed by atoms with Crippen LogP contribution in [0.4, 0.5) is 0 Å². The van der Waals surface area contributed by atoms with Crippen LogP contribution in [0.3, 0.4) is 0 Å². The number of H-pyrrole nitrogens is 1. The number of hydrogen-bond donors (Lipinski definition) is 2. The maximum Gasteiger partial charge on any atom is 0.339 e. The molecule has 1 fully saturated rings. The Balaban J connectivity index is 1.96. The predicted octanol–water partition coefficient (Wildman–Crippen LogP) is 2.58. The van der Waals surface area contributed by atoms with Crippen LogP contribution in [0.1, 0.15) is 71.6 Å². The smallest absolute Gasteiger partial charge is 0.339 e. The number of hydrogen-bond acceptors (Lipinski definition) is 4. The second-order valence-corrected chi connectivity index (χ2v) is 7.43. The van der Waals surface area contributed by atoms with Gasteiger partial charge in [-0.05, 0) is 51.5 Å². The highest BCUT2D eigenvalue weighted by Gasteiger charge is 2.29. The number of amides is 2. The summed E-state index contributed by atoms with van der Waals surface area (Å²) in [4.78, 5) is 41.7. The number of piperidine rings is 1. The summed E-state index contributed by atoms with van der Waals surface area (Å²) < 4.78 is 4.80. The molecule has 0 aromatic carbocycles. The van der Waals surface area contributed by atoms with Gasteiger partial charge in [0, 0.05) is 31.2 Å². The van der Waals surface area contributed by atoms with Gasteiger partial charge in [0.2, 0.25) is 5.91 Å². The Hall–Kier alpha value is -2.31. The van der Waals surface area contributed by atoms with Crippen molar-refractivity contribution in [3.05, 3.63) is 22.5 Å². The van der Waals surface area contributed by atoms with E-state index in [1.165, 1.54) is 7.11 Å². The number of aromatic nitrogens is 1. The summed E-state index contributed by atoms with van der Waals surface area (Å²) in [7, 11) is 1.33. The molecule has 1 aromatic heterocycles. The Morgan fingerprint density at radius 3 is 2.44 bits per heavy atom. The molecule has 7 nitrogen and oxygen atoms in total. The lowest BCUT2D eigenvalue weighted by Gasteiger charge is -2.32. The van der Waals surface area contributed by atoms with Crippen molar-refractivity contribution in [1.82, 2.24) is 15.2 Å². The lowest BCUT2D eigenvalue weighted by atomic mass is 9.92. The number of carbonyl (C=O) groups is 3. The number of rotatable bonds is 6. The van der Waals surface area contributed by atoms with Crippen molar-refractivity contribution in [2.45, 2.75) is 59.4 Å². The minimum absolute atomic E-state index is 0.0904. The molecule has 1 aliphatic heterocycles. The molecule has 2 N–H and O–H groups in total. The van der Waals surface area contributed by atoms with E-state index in [-0.39, 0.29) is 17.9 Å². The fourth-order valence-corrected chi connectivity index (χ4v) is 3.57. The normalized spacial score (nSPS) is 16.1. The molecule has 0 bridgehead atoms. The molecule has 1 saturated heterocycles. The standard InChI is InChI=1S/C20H31N3O4/c1-6-12(2)21-16(24)11-15-7-9-23(10-8-15)19(25)18-13(3)17(14(4)22-18)20(26)27-5/h12,15,22H,6-11H2,1-5H3,(H,21,24). The monoisotopic (exact) mass is 377 g/mol. The number of likely N-dealkylation sites (tertiary alicyclic amines) is 1. The number of carbonyl (C=O) groups excluding carboxylic acids is 3. The maximum absolute atomic E-state index is 12.9. The van der Waals surface area contributed by atoms with Crippen LogP contribution in [0.2, 0.25) is 0 Å². The summed E-state index contributed by atoms with van der Waals surface area (Å²) in [6.45, 7) is 8.80. The molecule has 1 atom stereocenters. The van der Waals surface area contributed by atoms with Crippen LogP contribution in [0.25, 0.3) is 0 Å². The van der Waals surface area contributed by atoms with Crippen LogP contribution in [-0.2, 0) is 9.53 Å². The van der Waals surface area contributed by atoms with Crippen molar-refractivity contribution in [2.75, 3.05) is 20.2 Å². The molecular formula is C20H31N3O4. The zero-order valence-electron chi connectivity index (χ0n) is 17.0. The summed E-state index contributed by atoms with van der Waals surface area (Å²) >= 11 is 0. The summed E-state index contributed by atoms with van der Waals surface area (Å²) in [5.41, 5.74) is 2.14. The molecule has 1 unspecified atom stereocenters. The molecule has 2 amide bonds. The first kappa shape index (κ1) is 21.0. The Morgan fingerprint density at radius 2 is 1.89 bits per heavy atom. The van der Waals surface area contributed by atoms with Gasteiger partial charge in [0.25, 0.3) is 5.91 Å². The van der Waals surface area contributed by atoms with Crippen molar-refractivity contribution in [3.63, 3.8) is 0 Å². The Morgan fingerprint density at radius 1 is 1.26 bits per heavy atom. The Kier molecular flexibility index (Phi) is 7.05. The van der Waals surface area contributed by atoms with Gasteiger partial charge < -0.3 is 19.9 Å². The second kappa shape index (κ2) is 9.06. The SMILES string of the molecule is CCC(C)NC(=O)CC1CCN(C(=O)c2[nH]c(C)c(C(=O)OC)c2C)CC1. The molecule has 0 aliphatic carbocycles. The highest BCUT2D eigenvalue weighted by Crippen LogP contribution is 2.25. The van der Waals surface area contributed by atoms with Crippen molar-refractivity contribution in [2.24, 2.45) is 5.92 Å². The topological polar surface area (TPSA) is 91.5 Å². The average Bonchev–Trinajstić information content (AvgIpc) is 2.95.